The van der Waals surface area contributed by atoms with Crippen molar-refractivity contribution in [2.24, 2.45) is 0 Å². The van der Waals surface area contributed by atoms with Gasteiger partial charge in [0, 0.05) is 19.6 Å². The van der Waals surface area contributed by atoms with Crippen LogP contribution in [-0.2, 0) is 16.1 Å². The molecule has 2 saturated heterocycles. The number of aromatic nitrogens is 2. The molecule has 0 bridgehead atoms. The Morgan fingerprint density at radius 1 is 1.15 bits per heavy atom. The molecule has 142 valence electrons. The van der Waals surface area contributed by atoms with E-state index in [9.17, 15) is 4.79 Å². The van der Waals surface area contributed by atoms with Crippen molar-refractivity contribution in [3.8, 4) is 5.75 Å². The molecule has 2 fully saturated rings. The van der Waals surface area contributed by atoms with E-state index < -0.39 is 0 Å². The molecule has 7 heteroatoms. The Kier molecular flexibility index (Phi) is 5.05. The van der Waals surface area contributed by atoms with Crippen molar-refractivity contribution >= 4 is 11.6 Å². The zero-order chi connectivity index (χ0) is 18.7. The van der Waals surface area contributed by atoms with Crippen LogP contribution in [0, 0.1) is 0 Å². The maximum absolute atomic E-state index is 12.3. The minimum Gasteiger partial charge on any atom is -0.497 e. The van der Waals surface area contributed by atoms with E-state index in [4.69, 9.17) is 9.47 Å². The second kappa shape index (κ2) is 7.62. The molecule has 0 unspecified atom stereocenters. The molecule has 1 aromatic carbocycles. The van der Waals surface area contributed by atoms with E-state index in [0.717, 1.165) is 43.9 Å². The summed E-state index contributed by atoms with van der Waals surface area (Å²) in [4.78, 5) is 24.6. The molecule has 1 spiro atoms. The Labute approximate surface area is 158 Å². The number of carbonyl (C=O) groups excluding carboxylic acids is 1. The van der Waals surface area contributed by atoms with Crippen LogP contribution in [0.1, 0.15) is 18.4 Å². The molecule has 0 N–H and O–H groups in total. The van der Waals surface area contributed by atoms with Gasteiger partial charge in [0.2, 0.25) is 0 Å². The Bertz CT molecular complexity index is 774. The number of hydrogen-bond acceptors (Lipinski definition) is 6. The first-order valence-corrected chi connectivity index (χ1v) is 9.22. The van der Waals surface area contributed by atoms with Crippen molar-refractivity contribution < 1.29 is 14.3 Å². The molecule has 2 aliphatic heterocycles. The van der Waals surface area contributed by atoms with Gasteiger partial charge in [-0.3, -0.25) is 9.69 Å². The van der Waals surface area contributed by atoms with Crippen molar-refractivity contribution in [3.05, 3.63) is 48.5 Å². The number of rotatable bonds is 4. The first-order chi connectivity index (χ1) is 13.2. The Morgan fingerprint density at radius 2 is 1.85 bits per heavy atom. The fraction of sp³-hybridized carbons (Fsp3) is 0.450. The number of piperidine rings is 1. The third-order valence-corrected chi connectivity index (χ3v) is 5.44. The van der Waals surface area contributed by atoms with Crippen molar-refractivity contribution in [2.75, 3.05) is 38.3 Å². The lowest BCUT2D eigenvalue weighted by atomic mass is 9.89. The summed E-state index contributed by atoms with van der Waals surface area (Å²) < 4.78 is 11.2. The van der Waals surface area contributed by atoms with E-state index >= 15 is 0 Å². The highest BCUT2D eigenvalue weighted by molar-refractivity contribution is 5.94. The highest BCUT2D eigenvalue weighted by Crippen LogP contribution is 2.32. The van der Waals surface area contributed by atoms with Crippen LogP contribution in [0.5, 0.6) is 5.75 Å². The molecule has 7 nitrogen and oxygen atoms in total. The molecule has 0 saturated carbocycles. The molecule has 4 rings (SSSR count). The first kappa shape index (κ1) is 17.9. The molecule has 3 heterocycles. The van der Waals surface area contributed by atoms with E-state index in [-0.39, 0.29) is 18.1 Å². The van der Waals surface area contributed by atoms with Crippen LogP contribution in [0.3, 0.4) is 0 Å². The smallest absolute Gasteiger partial charge is 0.253 e. The molecule has 27 heavy (non-hydrogen) atoms. The van der Waals surface area contributed by atoms with Gasteiger partial charge in [0.1, 0.15) is 18.7 Å². The second-order valence-electron chi connectivity index (χ2n) is 7.17. The topological polar surface area (TPSA) is 67.8 Å². The van der Waals surface area contributed by atoms with Gasteiger partial charge in [-0.2, -0.15) is 0 Å². The zero-order valence-electron chi connectivity index (χ0n) is 15.5. The number of hydrogen-bond donors (Lipinski definition) is 0. The van der Waals surface area contributed by atoms with Gasteiger partial charge < -0.3 is 14.4 Å². The van der Waals surface area contributed by atoms with E-state index in [1.54, 1.807) is 24.4 Å². The number of nitrogens with zero attached hydrogens (tertiary/aromatic N) is 4. The second-order valence-corrected chi connectivity index (χ2v) is 7.17. The lowest BCUT2D eigenvalue weighted by molar-refractivity contribution is -0.145. The van der Waals surface area contributed by atoms with Gasteiger partial charge in [-0.1, -0.05) is 12.1 Å². The Balaban J connectivity index is 1.38. The highest BCUT2D eigenvalue weighted by Gasteiger charge is 2.42. The molecule has 0 atom stereocenters. The van der Waals surface area contributed by atoms with Crippen LogP contribution in [0.4, 0.5) is 5.69 Å². The van der Waals surface area contributed by atoms with Gasteiger partial charge in [-0.25, -0.2) is 9.97 Å². The van der Waals surface area contributed by atoms with Crippen LogP contribution < -0.4 is 9.64 Å². The average molecular weight is 368 g/mol. The van der Waals surface area contributed by atoms with Gasteiger partial charge in [0.15, 0.2) is 0 Å². The van der Waals surface area contributed by atoms with E-state index in [1.165, 1.54) is 11.9 Å². The minimum atomic E-state index is -0.278. The maximum Gasteiger partial charge on any atom is 0.253 e. The van der Waals surface area contributed by atoms with Gasteiger partial charge in [-0.05, 0) is 30.5 Å². The first-order valence-electron chi connectivity index (χ1n) is 9.22. The van der Waals surface area contributed by atoms with E-state index in [2.05, 4.69) is 27.0 Å². The summed E-state index contributed by atoms with van der Waals surface area (Å²) in [5.74, 6) is 0.845. The minimum absolute atomic E-state index is 0.0314. The third kappa shape index (κ3) is 3.94. The standard InChI is InChI=1S/C20H24N4O3/c1-26-18-4-2-16(3-5-18)12-23-8-6-20(7-9-23)14-24(19(25)13-27-20)17-10-21-15-22-11-17/h2-5,10-11,15H,6-9,12-14H2,1H3. The predicted octanol–water partition coefficient (Wildman–Crippen LogP) is 1.88. The fourth-order valence-corrected chi connectivity index (χ4v) is 3.79. The number of ether oxygens (including phenoxy) is 2. The Hall–Kier alpha value is -2.51. The molecule has 1 amide bonds. The van der Waals surface area contributed by atoms with Crippen LogP contribution in [-0.4, -0.2) is 59.7 Å². The molecule has 1 aromatic heterocycles. The number of likely N-dealkylation sites (tertiary alicyclic amines) is 1. The van der Waals surface area contributed by atoms with E-state index in [0.29, 0.717) is 6.54 Å². The molecular formula is C20H24N4O3. The summed E-state index contributed by atoms with van der Waals surface area (Å²) in [6.07, 6.45) is 6.65. The molecule has 0 radical (unpaired) electrons. The zero-order valence-corrected chi connectivity index (χ0v) is 15.5. The largest absolute Gasteiger partial charge is 0.497 e. The summed E-state index contributed by atoms with van der Waals surface area (Å²) >= 11 is 0. The fourth-order valence-electron chi connectivity index (χ4n) is 3.79. The molecule has 2 aliphatic rings. The summed E-state index contributed by atoms with van der Waals surface area (Å²) in [6.45, 7) is 3.48. The number of morpholine rings is 1. The predicted molar refractivity (Wildman–Crippen MR) is 101 cm³/mol. The monoisotopic (exact) mass is 368 g/mol. The van der Waals surface area contributed by atoms with Crippen molar-refractivity contribution in [1.29, 1.82) is 0 Å². The molecular weight excluding hydrogens is 344 g/mol. The normalized spacial score (nSPS) is 20.0. The number of methoxy groups -OCH3 is 1. The average Bonchev–Trinajstić information content (AvgIpc) is 2.73. The third-order valence-electron chi connectivity index (χ3n) is 5.44. The van der Waals surface area contributed by atoms with Crippen molar-refractivity contribution in [1.82, 2.24) is 14.9 Å². The SMILES string of the molecule is COc1ccc(CN2CCC3(CC2)CN(c2cncnc2)C(=O)CO3)cc1. The van der Waals surface area contributed by atoms with Crippen LogP contribution in [0.15, 0.2) is 43.0 Å². The van der Waals surface area contributed by atoms with Gasteiger partial charge in [0.05, 0.1) is 37.3 Å². The number of benzene rings is 1. The lowest BCUT2D eigenvalue weighted by Gasteiger charge is -2.46. The Morgan fingerprint density at radius 3 is 2.52 bits per heavy atom. The van der Waals surface area contributed by atoms with Crippen molar-refractivity contribution in [3.63, 3.8) is 0 Å². The summed E-state index contributed by atoms with van der Waals surface area (Å²) in [5, 5.41) is 0. The molecule has 0 aliphatic carbocycles. The van der Waals surface area contributed by atoms with Crippen LogP contribution in [0.2, 0.25) is 0 Å². The van der Waals surface area contributed by atoms with Crippen molar-refractivity contribution in [2.45, 2.75) is 25.0 Å². The maximum atomic E-state index is 12.3. The van der Waals surface area contributed by atoms with Crippen LogP contribution in [0.25, 0.3) is 0 Å². The summed E-state index contributed by atoms with van der Waals surface area (Å²) in [5.41, 5.74) is 1.74. The van der Waals surface area contributed by atoms with Gasteiger partial charge >= 0.3 is 0 Å². The molecule has 2 aromatic rings. The van der Waals surface area contributed by atoms with Crippen LogP contribution >= 0.6 is 0 Å². The number of anilines is 1. The highest BCUT2D eigenvalue weighted by atomic mass is 16.5. The summed E-state index contributed by atoms with van der Waals surface area (Å²) in [7, 11) is 1.68. The number of carbonyl (C=O) groups is 1. The van der Waals surface area contributed by atoms with E-state index in [1.807, 2.05) is 12.1 Å². The lowest BCUT2D eigenvalue weighted by Crippen LogP contribution is -2.58. The van der Waals surface area contributed by atoms with Gasteiger partial charge in [0.25, 0.3) is 5.91 Å². The number of amides is 1. The quantitative estimate of drug-likeness (QED) is 0.821. The van der Waals surface area contributed by atoms with Gasteiger partial charge in [-0.15, -0.1) is 0 Å². The summed E-state index contributed by atoms with van der Waals surface area (Å²) in [6, 6.07) is 8.21.